The lowest BCUT2D eigenvalue weighted by atomic mass is 10.2. The number of carbonyl (C=O) groups is 1. The molecule has 0 saturated heterocycles. The number of amides is 1. The number of halogens is 1. The lowest BCUT2D eigenvalue weighted by Crippen LogP contribution is -2.14. The summed E-state index contributed by atoms with van der Waals surface area (Å²) in [5, 5.41) is 11.4. The predicted molar refractivity (Wildman–Crippen MR) is 93.1 cm³/mol. The standard InChI is InChI=1S/C18H20FN5O/c1-4-24-13(3)17(12(2)22-24)18(25)21-16-9-20-23(11-16)10-14-6-5-7-15(19)8-14/h5-9,11H,4,10H2,1-3H3,(H,21,25). The second kappa shape index (κ2) is 6.88. The average molecular weight is 341 g/mol. The first-order valence-electron chi connectivity index (χ1n) is 8.10. The molecule has 0 bridgehead atoms. The fourth-order valence-electron chi connectivity index (χ4n) is 2.86. The predicted octanol–water partition coefficient (Wildman–Crippen LogP) is 3.16. The van der Waals surface area contributed by atoms with Gasteiger partial charge in [0, 0.05) is 18.4 Å². The van der Waals surface area contributed by atoms with Crippen LogP contribution >= 0.6 is 0 Å². The van der Waals surface area contributed by atoms with Crippen molar-refractivity contribution in [2.24, 2.45) is 0 Å². The maximum Gasteiger partial charge on any atom is 0.259 e. The first kappa shape index (κ1) is 16.9. The molecular formula is C18H20FN5O. The third-order valence-electron chi connectivity index (χ3n) is 4.03. The third-order valence-corrected chi connectivity index (χ3v) is 4.03. The number of anilines is 1. The van der Waals surface area contributed by atoms with E-state index in [4.69, 9.17) is 0 Å². The molecule has 0 unspecified atom stereocenters. The number of nitrogens with one attached hydrogen (secondary N) is 1. The van der Waals surface area contributed by atoms with Crippen molar-refractivity contribution in [1.29, 1.82) is 0 Å². The molecule has 2 heterocycles. The Morgan fingerprint density at radius 1 is 1.32 bits per heavy atom. The molecule has 0 aliphatic carbocycles. The number of aryl methyl sites for hydroxylation is 2. The van der Waals surface area contributed by atoms with Crippen LogP contribution in [0.4, 0.5) is 10.1 Å². The monoisotopic (exact) mass is 341 g/mol. The lowest BCUT2D eigenvalue weighted by Gasteiger charge is -2.04. The van der Waals surface area contributed by atoms with Gasteiger partial charge in [0.05, 0.1) is 29.7 Å². The molecule has 0 fully saturated rings. The zero-order chi connectivity index (χ0) is 18.0. The van der Waals surface area contributed by atoms with Crippen molar-refractivity contribution >= 4 is 11.6 Å². The van der Waals surface area contributed by atoms with Crippen LogP contribution in [-0.2, 0) is 13.1 Å². The number of nitrogens with zero attached hydrogens (tertiary/aromatic N) is 4. The summed E-state index contributed by atoms with van der Waals surface area (Å²) >= 11 is 0. The van der Waals surface area contributed by atoms with Gasteiger partial charge < -0.3 is 5.32 Å². The van der Waals surface area contributed by atoms with Crippen LogP contribution in [0.3, 0.4) is 0 Å². The van der Waals surface area contributed by atoms with Crippen LogP contribution in [0.25, 0.3) is 0 Å². The first-order valence-corrected chi connectivity index (χ1v) is 8.10. The first-order chi connectivity index (χ1) is 12.0. The van der Waals surface area contributed by atoms with E-state index in [0.29, 0.717) is 30.0 Å². The zero-order valence-electron chi connectivity index (χ0n) is 14.5. The van der Waals surface area contributed by atoms with Gasteiger partial charge in [-0.05, 0) is 38.5 Å². The maximum absolute atomic E-state index is 13.2. The summed E-state index contributed by atoms with van der Waals surface area (Å²) in [5.41, 5.74) is 3.51. The summed E-state index contributed by atoms with van der Waals surface area (Å²) in [4.78, 5) is 12.5. The van der Waals surface area contributed by atoms with Crippen molar-refractivity contribution in [2.75, 3.05) is 5.32 Å². The molecular weight excluding hydrogens is 321 g/mol. The van der Waals surface area contributed by atoms with Crippen LogP contribution in [0, 0.1) is 19.7 Å². The van der Waals surface area contributed by atoms with Crippen molar-refractivity contribution in [3.05, 3.63) is 65.0 Å². The highest BCUT2D eigenvalue weighted by molar-refractivity contribution is 6.05. The Labute approximate surface area is 145 Å². The van der Waals surface area contributed by atoms with Gasteiger partial charge in [0.2, 0.25) is 0 Å². The molecule has 7 heteroatoms. The number of benzene rings is 1. The van der Waals surface area contributed by atoms with E-state index in [1.54, 1.807) is 27.8 Å². The third kappa shape index (κ3) is 3.60. The van der Waals surface area contributed by atoms with Crippen LogP contribution in [0.1, 0.15) is 34.2 Å². The minimum atomic E-state index is -0.280. The van der Waals surface area contributed by atoms with Crippen molar-refractivity contribution in [1.82, 2.24) is 19.6 Å². The van der Waals surface area contributed by atoms with Gasteiger partial charge in [-0.15, -0.1) is 0 Å². The van der Waals surface area contributed by atoms with Gasteiger partial charge in [0.1, 0.15) is 5.82 Å². The molecule has 2 aromatic heterocycles. The van der Waals surface area contributed by atoms with Gasteiger partial charge in [-0.3, -0.25) is 14.2 Å². The smallest absolute Gasteiger partial charge is 0.259 e. The van der Waals surface area contributed by atoms with E-state index in [0.717, 1.165) is 11.3 Å². The molecule has 3 aromatic rings. The highest BCUT2D eigenvalue weighted by Gasteiger charge is 2.18. The summed E-state index contributed by atoms with van der Waals surface area (Å²) < 4.78 is 16.7. The van der Waals surface area contributed by atoms with Gasteiger partial charge in [-0.2, -0.15) is 10.2 Å². The van der Waals surface area contributed by atoms with Gasteiger partial charge in [-0.1, -0.05) is 12.1 Å². The SMILES string of the molecule is CCn1nc(C)c(C(=O)Nc2cnn(Cc3cccc(F)c3)c2)c1C. The molecule has 1 amide bonds. The van der Waals surface area contributed by atoms with E-state index in [9.17, 15) is 9.18 Å². The van der Waals surface area contributed by atoms with Crippen molar-refractivity contribution < 1.29 is 9.18 Å². The van der Waals surface area contributed by atoms with Crippen LogP contribution in [0.15, 0.2) is 36.7 Å². The Balaban J connectivity index is 1.73. The van der Waals surface area contributed by atoms with Gasteiger partial charge in [0.25, 0.3) is 5.91 Å². The van der Waals surface area contributed by atoms with E-state index >= 15 is 0 Å². The summed E-state index contributed by atoms with van der Waals surface area (Å²) in [7, 11) is 0. The topological polar surface area (TPSA) is 64.7 Å². The van der Waals surface area contributed by atoms with Gasteiger partial charge >= 0.3 is 0 Å². The highest BCUT2D eigenvalue weighted by Crippen LogP contribution is 2.16. The fourth-order valence-corrected chi connectivity index (χ4v) is 2.86. The summed E-state index contributed by atoms with van der Waals surface area (Å²) in [6, 6.07) is 6.35. The zero-order valence-corrected chi connectivity index (χ0v) is 14.5. The quantitative estimate of drug-likeness (QED) is 0.775. The Bertz CT molecular complexity index is 912. The van der Waals surface area contributed by atoms with Crippen LogP contribution < -0.4 is 5.32 Å². The molecule has 0 aliphatic heterocycles. The molecule has 0 radical (unpaired) electrons. The maximum atomic E-state index is 13.2. The molecule has 0 aliphatic rings. The molecule has 3 rings (SSSR count). The van der Waals surface area contributed by atoms with Crippen LogP contribution in [0.5, 0.6) is 0 Å². The molecule has 0 atom stereocenters. The molecule has 6 nitrogen and oxygen atoms in total. The molecule has 1 N–H and O–H groups in total. The number of aromatic nitrogens is 4. The largest absolute Gasteiger partial charge is 0.319 e. The summed E-state index contributed by atoms with van der Waals surface area (Å²) in [6.45, 7) is 6.83. The van der Waals surface area contributed by atoms with E-state index in [-0.39, 0.29) is 11.7 Å². The number of rotatable bonds is 5. The van der Waals surface area contributed by atoms with Gasteiger partial charge in [0.15, 0.2) is 0 Å². The molecule has 130 valence electrons. The van der Waals surface area contributed by atoms with Crippen LogP contribution in [-0.4, -0.2) is 25.5 Å². The number of hydrogen-bond acceptors (Lipinski definition) is 3. The van der Waals surface area contributed by atoms with E-state index in [2.05, 4.69) is 15.5 Å². The lowest BCUT2D eigenvalue weighted by molar-refractivity contribution is 0.102. The molecule has 25 heavy (non-hydrogen) atoms. The van der Waals surface area contributed by atoms with E-state index in [1.807, 2.05) is 26.8 Å². The second-order valence-corrected chi connectivity index (χ2v) is 5.87. The van der Waals surface area contributed by atoms with Crippen LogP contribution in [0.2, 0.25) is 0 Å². The molecule has 0 saturated carbocycles. The number of carbonyl (C=O) groups excluding carboxylic acids is 1. The van der Waals surface area contributed by atoms with E-state index in [1.165, 1.54) is 12.1 Å². The molecule has 0 spiro atoms. The van der Waals surface area contributed by atoms with E-state index < -0.39 is 0 Å². The Hall–Kier alpha value is -2.96. The summed E-state index contributed by atoms with van der Waals surface area (Å²) in [5.74, 6) is -0.489. The number of hydrogen-bond donors (Lipinski definition) is 1. The normalized spacial score (nSPS) is 10.9. The Morgan fingerprint density at radius 3 is 2.80 bits per heavy atom. The molecule has 1 aromatic carbocycles. The highest BCUT2D eigenvalue weighted by atomic mass is 19.1. The minimum Gasteiger partial charge on any atom is -0.319 e. The fraction of sp³-hybridized carbons (Fsp3) is 0.278. The van der Waals surface area contributed by atoms with Gasteiger partial charge in [-0.25, -0.2) is 4.39 Å². The average Bonchev–Trinajstić information content (AvgIpc) is 3.11. The van der Waals surface area contributed by atoms with Crippen molar-refractivity contribution in [2.45, 2.75) is 33.9 Å². The second-order valence-electron chi connectivity index (χ2n) is 5.87. The minimum absolute atomic E-state index is 0.208. The van der Waals surface area contributed by atoms with Crippen molar-refractivity contribution in [3.63, 3.8) is 0 Å². The summed E-state index contributed by atoms with van der Waals surface area (Å²) in [6.07, 6.45) is 3.30. The Kier molecular flexibility index (Phi) is 4.65. The van der Waals surface area contributed by atoms with Crippen molar-refractivity contribution in [3.8, 4) is 0 Å². The Morgan fingerprint density at radius 2 is 2.12 bits per heavy atom.